The highest BCUT2D eigenvalue weighted by Gasteiger charge is 2.28. The van der Waals surface area contributed by atoms with E-state index in [9.17, 15) is 9.59 Å². The smallest absolute Gasteiger partial charge is 0.242 e. The standard InChI is InChI=1S/C22H27ClN2O3S/c1-4-20(22(27)24-5-2)25(14-16-6-10-18(28-3)11-7-16)21(26)15-29-19-12-8-17(23)9-13-19/h6-13,20H,4-5,14-15H2,1-3H3,(H,24,27)/t20-/m0/s1. The summed E-state index contributed by atoms with van der Waals surface area (Å²) in [5.74, 6) is 0.779. The molecule has 0 saturated heterocycles. The van der Waals surface area contributed by atoms with Gasteiger partial charge in [0.1, 0.15) is 11.8 Å². The minimum absolute atomic E-state index is 0.0844. The molecule has 0 spiro atoms. The highest BCUT2D eigenvalue weighted by molar-refractivity contribution is 8.00. The van der Waals surface area contributed by atoms with Gasteiger partial charge in [0, 0.05) is 23.0 Å². The molecule has 2 rings (SSSR count). The molecule has 0 heterocycles. The third kappa shape index (κ3) is 6.98. The Bertz CT molecular complexity index is 797. The second-order valence-corrected chi connectivity index (χ2v) is 7.92. The molecular formula is C22H27ClN2O3S. The van der Waals surface area contributed by atoms with Crippen LogP contribution < -0.4 is 10.1 Å². The van der Waals surface area contributed by atoms with Crippen molar-refractivity contribution in [2.75, 3.05) is 19.4 Å². The van der Waals surface area contributed by atoms with Gasteiger partial charge in [-0.05, 0) is 55.3 Å². The average Bonchev–Trinajstić information content (AvgIpc) is 2.73. The van der Waals surface area contributed by atoms with Gasteiger partial charge in [0.15, 0.2) is 0 Å². The van der Waals surface area contributed by atoms with Crippen LogP contribution >= 0.6 is 23.4 Å². The fraction of sp³-hybridized carbons (Fsp3) is 0.364. The molecule has 0 saturated carbocycles. The number of ether oxygens (including phenoxy) is 1. The maximum atomic E-state index is 13.1. The number of thioether (sulfide) groups is 1. The Morgan fingerprint density at radius 2 is 1.76 bits per heavy atom. The quantitative estimate of drug-likeness (QED) is 0.563. The van der Waals surface area contributed by atoms with Crippen LogP contribution in [0.25, 0.3) is 0 Å². The lowest BCUT2D eigenvalue weighted by Gasteiger charge is -2.30. The van der Waals surface area contributed by atoms with E-state index in [1.54, 1.807) is 24.1 Å². The van der Waals surface area contributed by atoms with E-state index >= 15 is 0 Å². The highest BCUT2D eigenvalue weighted by atomic mass is 35.5. The zero-order valence-electron chi connectivity index (χ0n) is 17.0. The number of carbonyl (C=O) groups excluding carboxylic acids is 2. The van der Waals surface area contributed by atoms with Crippen LogP contribution in [0.4, 0.5) is 0 Å². The largest absolute Gasteiger partial charge is 0.497 e. The van der Waals surface area contributed by atoms with Gasteiger partial charge in [-0.15, -0.1) is 11.8 Å². The van der Waals surface area contributed by atoms with Crippen LogP contribution in [0, 0.1) is 0 Å². The van der Waals surface area contributed by atoms with Gasteiger partial charge in [0.05, 0.1) is 12.9 Å². The number of amides is 2. The lowest BCUT2D eigenvalue weighted by Crippen LogP contribution is -2.49. The summed E-state index contributed by atoms with van der Waals surface area (Å²) in [5, 5.41) is 3.50. The van der Waals surface area contributed by atoms with Gasteiger partial charge in [-0.25, -0.2) is 0 Å². The summed E-state index contributed by atoms with van der Waals surface area (Å²) >= 11 is 7.36. The van der Waals surface area contributed by atoms with E-state index in [1.807, 2.05) is 50.2 Å². The van der Waals surface area contributed by atoms with Crippen LogP contribution in [0.15, 0.2) is 53.4 Å². The average molecular weight is 435 g/mol. The normalized spacial score (nSPS) is 11.6. The highest BCUT2D eigenvalue weighted by Crippen LogP contribution is 2.22. The Morgan fingerprint density at radius 1 is 1.10 bits per heavy atom. The van der Waals surface area contributed by atoms with E-state index in [0.29, 0.717) is 24.5 Å². The summed E-state index contributed by atoms with van der Waals surface area (Å²) in [6, 6.07) is 14.4. The summed E-state index contributed by atoms with van der Waals surface area (Å²) in [5.41, 5.74) is 0.943. The molecule has 0 radical (unpaired) electrons. The van der Waals surface area contributed by atoms with Gasteiger partial charge in [0.25, 0.3) is 0 Å². The Labute approximate surface area is 181 Å². The van der Waals surface area contributed by atoms with Crippen molar-refractivity contribution in [2.45, 2.75) is 37.8 Å². The number of nitrogens with zero attached hydrogens (tertiary/aromatic N) is 1. The van der Waals surface area contributed by atoms with Gasteiger partial charge in [-0.2, -0.15) is 0 Å². The summed E-state index contributed by atoms with van der Waals surface area (Å²) in [4.78, 5) is 28.3. The van der Waals surface area contributed by atoms with Gasteiger partial charge < -0.3 is 15.0 Å². The van der Waals surface area contributed by atoms with E-state index < -0.39 is 6.04 Å². The molecule has 0 fully saturated rings. The van der Waals surface area contributed by atoms with Crippen LogP contribution in [0.3, 0.4) is 0 Å². The lowest BCUT2D eigenvalue weighted by atomic mass is 10.1. The van der Waals surface area contributed by atoms with Crippen LogP contribution in [-0.2, 0) is 16.1 Å². The SMILES string of the molecule is CCNC(=O)[C@H](CC)N(Cc1ccc(OC)cc1)C(=O)CSc1ccc(Cl)cc1. The van der Waals surface area contributed by atoms with Crippen molar-refractivity contribution in [3.8, 4) is 5.75 Å². The molecule has 156 valence electrons. The Hall–Kier alpha value is -2.18. The number of nitrogens with one attached hydrogen (secondary N) is 1. The zero-order valence-corrected chi connectivity index (χ0v) is 18.6. The van der Waals surface area contributed by atoms with Gasteiger partial charge in [-0.3, -0.25) is 9.59 Å². The molecule has 7 heteroatoms. The van der Waals surface area contributed by atoms with Crippen LogP contribution in [-0.4, -0.2) is 42.2 Å². The molecule has 0 aliphatic rings. The number of methoxy groups -OCH3 is 1. The van der Waals surface area contributed by atoms with E-state index in [0.717, 1.165) is 16.2 Å². The van der Waals surface area contributed by atoms with Crippen LogP contribution in [0.2, 0.25) is 5.02 Å². The van der Waals surface area contributed by atoms with Crippen molar-refractivity contribution in [3.05, 3.63) is 59.1 Å². The van der Waals surface area contributed by atoms with Gasteiger partial charge in [0.2, 0.25) is 11.8 Å². The fourth-order valence-electron chi connectivity index (χ4n) is 2.90. The molecule has 2 aromatic rings. The molecule has 1 atom stereocenters. The Morgan fingerprint density at radius 3 is 2.31 bits per heavy atom. The third-order valence-corrected chi connectivity index (χ3v) is 5.67. The summed E-state index contributed by atoms with van der Waals surface area (Å²) in [6.45, 7) is 4.68. The second-order valence-electron chi connectivity index (χ2n) is 6.43. The van der Waals surface area contributed by atoms with E-state index in [1.165, 1.54) is 11.8 Å². The monoisotopic (exact) mass is 434 g/mol. The molecular weight excluding hydrogens is 408 g/mol. The second kappa shape index (κ2) is 11.7. The van der Waals surface area contributed by atoms with Crippen LogP contribution in [0.1, 0.15) is 25.8 Å². The van der Waals surface area contributed by atoms with Crippen molar-refractivity contribution >= 4 is 35.2 Å². The van der Waals surface area contributed by atoms with Crippen molar-refractivity contribution in [2.24, 2.45) is 0 Å². The molecule has 1 N–H and O–H groups in total. The first-order valence-corrected chi connectivity index (χ1v) is 10.9. The number of rotatable bonds is 10. The Kier molecular flexibility index (Phi) is 9.35. The minimum Gasteiger partial charge on any atom is -0.497 e. The van der Waals surface area contributed by atoms with E-state index in [4.69, 9.17) is 16.3 Å². The molecule has 0 aliphatic carbocycles. The molecule has 5 nitrogen and oxygen atoms in total. The maximum Gasteiger partial charge on any atom is 0.242 e. The van der Waals surface area contributed by atoms with Crippen molar-refractivity contribution in [3.63, 3.8) is 0 Å². The van der Waals surface area contributed by atoms with Crippen molar-refractivity contribution in [1.29, 1.82) is 0 Å². The molecule has 0 bridgehead atoms. The number of hydrogen-bond acceptors (Lipinski definition) is 4. The first kappa shape index (κ1) is 23.1. The number of hydrogen-bond donors (Lipinski definition) is 1. The summed E-state index contributed by atoms with van der Waals surface area (Å²) < 4.78 is 5.20. The zero-order chi connectivity index (χ0) is 21.2. The maximum absolute atomic E-state index is 13.1. The first-order valence-electron chi connectivity index (χ1n) is 9.56. The van der Waals surface area contributed by atoms with Crippen LogP contribution in [0.5, 0.6) is 5.75 Å². The van der Waals surface area contributed by atoms with E-state index in [-0.39, 0.29) is 17.6 Å². The predicted molar refractivity (Wildman–Crippen MR) is 118 cm³/mol. The molecule has 0 aromatic heterocycles. The lowest BCUT2D eigenvalue weighted by molar-refractivity contribution is -0.139. The first-order chi connectivity index (χ1) is 14.0. The fourth-order valence-corrected chi connectivity index (χ4v) is 3.81. The minimum atomic E-state index is -0.518. The van der Waals surface area contributed by atoms with Gasteiger partial charge in [-0.1, -0.05) is 30.7 Å². The molecule has 29 heavy (non-hydrogen) atoms. The summed E-state index contributed by atoms with van der Waals surface area (Å²) in [6.07, 6.45) is 0.541. The van der Waals surface area contributed by atoms with Gasteiger partial charge >= 0.3 is 0 Å². The van der Waals surface area contributed by atoms with Crippen molar-refractivity contribution < 1.29 is 14.3 Å². The predicted octanol–water partition coefficient (Wildman–Crippen LogP) is 4.38. The molecule has 2 aromatic carbocycles. The number of halogens is 1. The van der Waals surface area contributed by atoms with Crippen molar-refractivity contribution in [1.82, 2.24) is 10.2 Å². The Balaban J connectivity index is 2.17. The van der Waals surface area contributed by atoms with E-state index in [2.05, 4.69) is 5.32 Å². The molecule has 2 amide bonds. The summed E-state index contributed by atoms with van der Waals surface area (Å²) in [7, 11) is 1.61. The molecule has 0 unspecified atom stereocenters. The number of benzene rings is 2. The number of carbonyl (C=O) groups is 2. The topological polar surface area (TPSA) is 58.6 Å². The third-order valence-electron chi connectivity index (χ3n) is 4.42. The molecule has 0 aliphatic heterocycles. The number of likely N-dealkylation sites (N-methyl/N-ethyl adjacent to an activating group) is 1.